The van der Waals surface area contributed by atoms with Crippen molar-refractivity contribution in [3.63, 3.8) is 0 Å². The number of carbonyl (C=O) groups is 2. The number of methoxy groups -OCH3 is 1. The molecule has 0 bridgehead atoms. The predicted molar refractivity (Wildman–Crippen MR) is 95.6 cm³/mol. The number of aromatic nitrogens is 1. The summed E-state index contributed by atoms with van der Waals surface area (Å²) in [6, 6.07) is 6.16. The third-order valence-corrected chi connectivity index (χ3v) is 4.10. The molecule has 6 nitrogen and oxygen atoms in total. The van der Waals surface area contributed by atoms with Crippen LogP contribution in [0.1, 0.15) is 36.3 Å². The maximum absolute atomic E-state index is 12.5. The normalized spacial score (nSPS) is 11.8. The molecule has 0 aliphatic rings. The summed E-state index contributed by atoms with van der Waals surface area (Å²) in [7, 11) is 1.31. The number of carbonyl (C=O) groups excluding carboxylic acids is 2. The van der Waals surface area contributed by atoms with E-state index in [9.17, 15) is 9.59 Å². The highest BCUT2D eigenvalue weighted by molar-refractivity contribution is 7.07. The third kappa shape index (κ3) is 5.86. The fraction of sp³-hybridized carbons (Fsp3) is 0.389. The Morgan fingerprint density at radius 1 is 1.32 bits per heavy atom. The van der Waals surface area contributed by atoms with Gasteiger partial charge in [0.25, 0.3) is 5.91 Å². The van der Waals surface area contributed by atoms with Crippen LogP contribution in [0.4, 0.5) is 0 Å². The first-order valence-electron chi connectivity index (χ1n) is 7.98. The van der Waals surface area contributed by atoms with Gasteiger partial charge < -0.3 is 14.8 Å². The molecule has 25 heavy (non-hydrogen) atoms. The lowest BCUT2D eigenvalue weighted by atomic mass is 10.0. The Morgan fingerprint density at radius 3 is 2.76 bits per heavy atom. The number of hydrogen-bond acceptors (Lipinski definition) is 6. The zero-order valence-corrected chi connectivity index (χ0v) is 15.3. The smallest absolute Gasteiger partial charge is 0.328 e. The minimum Gasteiger partial charge on any atom is -0.487 e. The first kappa shape index (κ1) is 18.9. The number of ether oxygens (including phenoxy) is 2. The van der Waals surface area contributed by atoms with Crippen LogP contribution in [-0.2, 0) is 16.1 Å². The molecule has 1 aromatic heterocycles. The molecule has 1 atom stereocenters. The highest BCUT2D eigenvalue weighted by Crippen LogP contribution is 2.16. The van der Waals surface area contributed by atoms with E-state index in [1.165, 1.54) is 18.4 Å². The molecule has 1 amide bonds. The van der Waals surface area contributed by atoms with Gasteiger partial charge in [-0.1, -0.05) is 19.9 Å². The quantitative estimate of drug-likeness (QED) is 0.730. The molecule has 1 N–H and O–H groups in total. The van der Waals surface area contributed by atoms with Crippen molar-refractivity contribution in [2.75, 3.05) is 7.11 Å². The van der Waals surface area contributed by atoms with Crippen molar-refractivity contribution in [2.24, 2.45) is 5.92 Å². The van der Waals surface area contributed by atoms with Gasteiger partial charge in [-0.15, -0.1) is 11.3 Å². The van der Waals surface area contributed by atoms with Gasteiger partial charge in [0.2, 0.25) is 0 Å². The highest BCUT2D eigenvalue weighted by Gasteiger charge is 2.23. The fourth-order valence-corrected chi connectivity index (χ4v) is 2.81. The average molecular weight is 362 g/mol. The van der Waals surface area contributed by atoms with Crippen molar-refractivity contribution in [1.29, 1.82) is 0 Å². The summed E-state index contributed by atoms with van der Waals surface area (Å²) >= 11 is 1.50. The van der Waals surface area contributed by atoms with Crippen molar-refractivity contribution in [3.05, 3.63) is 46.4 Å². The molecule has 0 spiro atoms. The minimum absolute atomic E-state index is 0.247. The maximum atomic E-state index is 12.5. The number of benzene rings is 1. The summed E-state index contributed by atoms with van der Waals surface area (Å²) in [6.07, 6.45) is 0.512. The molecule has 7 heteroatoms. The molecule has 0 radical (unpaired) electrons. The van der Waals surface area contributed by atoms with Gasteiger partial charge in [0.15, 0.2) is 0 Å². The topological polar surface area (TPSA) is 77.5 Å². The predicted octanol–water partition coefficient (Wildman–Crippen LogP) is 3.04. The van der Waals surface area contributed by atoms with Crippen molar-refractivity contribution < 1.29 is 19.1 Å². The lowest BCUT2D eigenvalue weighted by molar-refractivity contribution is -0.143. The standard InChI is InChI=1S/C18H22N2O4S/c1-12(2)7-16(18(22)23-3)20-17(21)13-5-4-6-15(8-13)24-9-14-10-25-11-19-14/h4-6,8,10-12,16H,7,9H2,1-3H3,(H,20,21). The Bertz CT molecular complexity index is 701. The zero-order valence-electron chi connectivity index (χ0n) is 14.5. The molecule has 1 unspecified atom stereocenters. The van der Waals surface area contributed by atoms with Crippen molar-refractivity contribution >= 4 is 23.2 Å². The Labute approximate surface area is 151 Å². The van der Waals surface area contributed by atoms with Gasteiger partial charge in [0.05, 0.1) is 18.3 Å². The number of thiazole rings is 1. The molecule has 1 heterocycles. The number of nitrogens with zero attached hydrogens (tertiary/aromatic N) is 1. The third-order valence-electron chi connectivity index (χ3n) is 3.46. The maximum Gasteiger partial charge on any atom is 0.328 e. The molecule has 2 rings (SSSR count). The average Bonchev–Trinajstić information content (AvgIpc) is 3.12. The van der Waals surface area contributed by atoms with Crippen molar-refractivity contribution in [1.82, 2.24) is 10.3 Å². The molecule has 0 saturated carbocycles. The van der Waals surface area contributed by atoms with Crippen molar-refractivity contribution in [3.8, 4) is 5.75 Å². The Hall–Kier alpha value is -2.41. The molecule has 0 saturated heterocycles. The number of hydrogen-bond donors (Lipinski definition) is 1. The molecule has 0 aliphatic carbocycles. The van der Waals surface area contributed by atoms with E-state index in [1.54, 1.807) is 29.8 Å². The molecular weight excluding hydrogens is 340 g/mol. The van der Waals surface area contributed by atoms with Crippen LogP contribution in [0.2, 0.25) is 0 Å². The van der Waals surface area contributed by atoms with E-state index in [1.807, 2.05) is 19.2 Å². The summed E-state index contributed by atoms with van der Waals surface area (Å²) in [6.45, 7) is 4.30. The SMILES string of the molecule is COC(=O)C(CC(C)C)NC(=O)c1cccc(OCc2cscn2)c1. The van der Waals surface area contributed by atoms with Crippen LogP contribution in [-0.4, -0.2) is 30.0 Å². The molecule has 2 aromatic rings. The van der Waals surface area contributed by atoms with E-state index in [-0.39, 0.29) is 11.8 Å². The van der Waals surface area contributed by atoms with Crippen molar-refractivity contribution in [2.45, 2.75) is 32.9 Å². The van der Waals surface area contributed by atoms with E-state index in [0.717, 1.165) is 5.69 Å². The Balaban J connectivity index is 2.02. The van der Waals surface area contributed by atoms with Crippen LogP contribution < -0.4 is 10.1 Å². The lowest BCUT2D eigenvalue weighted by Crippen LogP contribution is -2.42. The molecule has 0 fully saturated rings. The zero-order chi connectivity index (χ0) is 18.2. The molecule has 0 aliphatic heterocycles. The summed E-state index contributed by atoms with van der Waals surface area (Å²) in [5.74, 6) is 0.0319. The number of nitrogens with one attached hydrogen (secondary N) is 1. The van der Waals surface area contributed by atoms with Crippen LogP contribution in [0.15, 0.2) is 35.2 Å². The molecule has 134 valence electrons. The Morgan fingerprint density at radius 2 is 2.12 bits per heavy atom. The van der Waals surface area contributed by atoms with E-state index in [2.05, 4.69) is 10.3 Å². The van der Waals surface area contributed by atoms with E-state index < -0.39 is 12.0 Å². The van der Waals surface area contributed by atoms with Gasteiger partial charge in [0.1, 0.15) is 18.4 Å². The second-order valence-electron chi connectivity index (χ2n) is 5.98. The second kappa shape index (κ2) is 9.17. The molecular formula is C18H22N2O4S. The summed E-state index contributed by atoms with van der Waals surface area (Å²) in [5, 5.41) is 4.64. The lowest BCUT2D eigenvalue weighted by Gasteiger charge is -2.18. The van der Waals surface area contributed by atoms with Gasteiger partial charge in [-0.2, -0.15) is 0 Å². The Kier molecular flexibility index (Phi) is 6.94. The van der Waals surface area contributed by atoms with E-state index in [4.69, 9.17) is 9.47 Å². The number of esters is 1. The van der Waals surface area contributed by atoms with Crippen LogP contribution >= 0.6 is 11.3 Å². The number of amides is 1. The van der Waals surface area contributed by atoms with E-state index in [0.29, 0.717) is 24.3 Å². The van der Waals surface area contributed by atoms with Gasteiger partial charge in [-0.05, 0) is 30.5 Å². The highest BCUT2D eigenvalue weighted by atomic mass is 32.1. The fourth-order valence-electron chi connectivity index (χ4n) is 2.26. The first-order valence-corrected chi connectivity index (χ1v) is 8.92. The minimum atomic E-state index is -0.669. The summed E-state index contributed by atoms with van der Waals surface area (Å²) in [4.78, 5) is 28.5. The van der Waals surface area contributed by atoms with Crippen LogP contribution in [0.25, 0.3) is 0 Å². The van der Waals surface area contributed by atoms with Crippen LogP contribution in [0.3, 0.4) is 0 Å². The van der Waals surface area contributed by atoms with Crippen LogP contribution in [0.5, 0.6) is 5.75 Å². The summed E-state index contributed by atoms with van der Waals surface area (Å²) in [5.41, 5.74) is 3.00. The van der Waals surface area contributed by atoms with Gasteiger partial charge in [-0.25, -0.2) is 9.78 Å². The van der Waals surface area contributed by atoms with Gasteiger partial charge in [-0.3, -0.25) is 4.79 Å². The van der Waals surface area contributed by atoms with Gasteiger partial charge in [0, 0.05) is 10.9 Å². The van der Waals surface area contributed by atoms with Crippen LogP contribution in [0, 0.1) is 5.92 Å². The first-order chi connectivity index (χ1) is 12.0. The number of rotatable bonds is 8. The second-order valence-corrected chi connectivity index (χ2v) is 6.69. The largest absolute Gasteiger partial charge is 0.487 e. The van der Waals surface area contributed by atoms with E-state index >= 15 is 0 Å². The monoisotopic (exact) mass is 362 g/mol. The molecule has 1 aromatic carbocycles. The summed E-state index contributed by atoms with van der Waals surface area (Å²) < 4.78 is 10.4. The van der Waals surface area contributed by atoms with Gasteiger partial charge >= 0.3 is 5.97 Å².